The van der Waals surface area contributed by atoms with Crippen LogP contribution in [0.2, 0.25) is 10.0 Å². The molecule has 2 aromatic carbocycles. The molecule has 0 aliphatic carbocycles. The van der Waals surface area contributed by atoms with E-state index in [0.717, 1.165) is 5.56 Å². The Labute approximate surface area is 197 Å². The number of carboxylic acid groups (broad SMARTS) is 1. The fourth-order valence-corrected chi connectivity index (χ4v) is 6.23. The Hall–Kier alpha value is -2.13. The van der Waals surface area contributed by atoms with Crippen molar-refractivity contribution in [2.45, 2.75) is 43.7 Å². The van der Waals surface area contributed by atoms with Gasteiger partial charge in [-0.2, -0.15) is 4.31 Å². The molecule has 0 bridgehead atoms. The Balaban J connectivity index is 1.76. The van der Waals surface area contributed by atoms with E-state index in [4.69, 9.17) is 28.3 Å². The smallest absolute Gasteiger partial charge is 0.307 e. The van der Waals surface area contributed by atoms with Crippen LogP contribution in [0.3, 0.4) is 0 Å². The summed E-state index contributed by atoms with van der Waals surface area (Å²) in [5.74, 6) is -1.15. The van der Waals surface area contributed by atoms with E-state index < -0.39 is 28.1 Å². The number of aliphatic carboxylic acids is 1. The first-order valence-corrected chi connectivity index (χ1v) is 12.2. The molecular weight excluding hydrogens is 475 g/mol. The summed E-state index contributed by atoms with van der Waals surface area (Å²) in [6.07, 6.45) is -0.119. The fraction of sp³-hybridized carbons (Fsp3) is 0.364. The van der Waals surface area contributed by atoms with Crippen LogP contribution in [-0.2, 0) is 32.5 Å². The summed E-state index contributed by atoms with van der Waals surface area (Å²) in [4.78, 5) is 25.5. The van der Waals surface area contributed by atoms with Gasteiger partial charge in [0, 0.05) is 25.2 Å². The van der Waals surface area contributed by atoms with Gasteiger partial charge in [0.1, 0.15) is 0 Å². The van der Waals surface area contributed by atoms with Gasteiger partial charge in [-0.3, -0.25) is 9.59 Å². The number of carboxylic acids is 1. The van der Waals surface area contributed by atoms with E-state index in [1.807, 2.05) is 0 Å². The van der Waals surface area contributed by atoms with Gasteiger partial charge in [-0.15, -0.1) is 0 Å². The van der Waals surface area contributed by atoms with Crippen LogP contribution in [0.1, 0.15) is 25.0 Å². The summed E-state index contributed by atoms with van der Waals surface area (Å²) in [6.45, 7) is 4.01. The largest absolute Gasteiger partial charge is 0.481 e. The summed E-state index contributed by atoms with van der Waals surface area (Å²) < 4.78 is 28.1. The maximum absolute atomic E-state index is 13.3. The first-order valence-electron chi connectivity index (χ1n) is 10.0. The predicted octanol–water partition coefficient (Wildman–Crippen LogP) is 3.47. The van der Waals surface area contributed by atoms with Crippen molar-refractivity contribution < 1.29 is 23.1 Å². The third kappa shape index (κ3) is 5.43. The number of carbonyl (C=O) groups excluding carboxylic acids is 1. The number of hydrogen-bond acceptors (Lipinski definition) is 4. The molecule has 1 fully saturated rings. The second-order valence-corrected chi connectivity index (χ2v) is 10.6. The minimum atomic E-state index is -3.87. The second kappa shape index (κ2) is 9.79. The highest BCUT2D eigenvalue weighted by Gasteiger charge is 2.39. The van der Waals surface area contributed by atoms with Crippen LogP contribution in [0.4, 0.5) is 0 Å². The van der Waals surface area contributed by atoms with E-state index in [2.05, 4.69) is 0 Å². The summed E-state index contributed by atoms with van der Waals surface area (Å²) in [6, 6.07) is 10.1. The Bertz CT molecular complexity index is 1130. The zero-order valence-corrected chi connectivity index (χ0v) is 20.0. The van der Waals surface area contributed by atoms with Crippen LogP contribution in [0.15, 0.2) is 47.4 Å². The van der Waals surface area contributed by atoms with Crippen LogP contribution < -0.4 is 0 Å². The molecule has 3 rings (SSSR count). The Morgan fingerprint density at radius 2 is 1.59 bits per heavy atom. The third-order valence-electron chi connectivity index (χ3n) is 5.36. The molecule has 0 spiro atoms. The molecule has 1 aliphatic rings. The lowest BCUT2D eigenvalue weighted by molar-refractivity contribution is -0.136. The van der Waals surface area contributed by atoms with E-state index in [-0.39, 0.29) is 36.7 Å². The average molecular weight is 499 g/mol. The molecule has 0 radical (unpaired) electrons. The predicted molar refractivity (Wildman–Crippen MR) is 122 cm³/mol. The number of nitrogens with zero attached hydrogens (tertiary/aromatic N) is 2. The number of piperazine rings is 1. The molecule has 0 aromatic heterocycles. The van der Waals surface area contributed by atoms with Gasteiger partial charge < -0.3 is 10.0 Å². The van der Waals surface area contributed by atoms with Gasteiger partial charge in [-0.25, -0.2) is 8.42 Å². The maximum atomic E-state index is 13.3. The molecule has 1 N–H and O–H groups in total. The Morgan fingerprint density at radius 1 is 0.969 bits per heavy atom. The summed E-state index contributed by atoms with van der Waals surface area (Å²) >= 11 is 12.0. The molecule has 2 aromatic rings. The minimum absolute atomic E-state index is 0.0468. The summed E-state index contributed by atoms with van der Waals surface area (Å²) in [7, 11) is -3.87. The highest BCUT2D eigenvalue weighted by atomic mass is 35.5. The number of amides is 1. The molecule has 0 saturated carbocycles. The molecule has 7 nitrogen and oxygen atoms in total. The number of hydrogen-bond donors (Lipinski definition) is 1. The quantitative estimate of drug-likeness (QED) is 0.657. The van der Waals surface area contributed by atoms with Gasteiger partial charge in [-0.1, -0.05) is 41.4 Å². The highest BCUT2D eigenvalue weighted by Crippen LogP contribution is 2.27. The van der Waals surface area contributed by atoms with Crippen molar-refractivity contribution in [3.8, 4) is 0 Å². The van der Waals surface area contributed by atoms with Crippen molar-refractivity contribution in [1.29, 1.82) is 0 Å². The van der Waals surface area contributed by atoms with Gasteiger partial charge in [0.15, 0.2) is 0 Å². The molecule has 1 aliphatic heterocycles. The summed E-state index contributed by atoms with van der Waals surface area (Å²) in [5, 5.41) is 9.79. The zero-order valence-electron chi connectivity index (χ0n) is 17.7. The van der Waals surface area contributed by atoms with Crippen molar-refractivity contribution in [3.63, 3.8) is 0 Å². The van der Waals surface area contributed by atoms with Gasteiger partial charge in [-0.05, 0) is 49.2 Å². The lowest BCUT2D eigenvalue weighted by Crippen LogP contribution is -2.59. The normalized spacial score (nSPS) is 19.7. The molecule has 172 valence electrons. The van der Waals surface area contributed by atoms with E-state index in [1.165, 1.54) is 22.5 Å². The van der Waals surface area contributed by atoms with Crippen molar-refractivity contribution in [1.82, 2.24) is 9.21 Å². The van der Waals surface area contributed by atoms with Crippen LogP contribution in [0, 0.1) is 0 Å². The number of rotatable bonds is 6. The monoisotopic (exact) mass is 498 g/mol. The van der Waals surface area contributed by atoms with Gasteiger partial charge >= 0.3 is 5.97 Å². The molecule has 1 heterocycles. The SMILES string of the molecule is CC1CN(C(=O)Cc2ccc(Cl)c(Cl)c2)C[C@H](C)N1S(=O)(=O)c1cccc(CC(=O)O)c1. The van der Waals surface area contributed by atoms with Gasteiger partial charge in [0.25, 0.3) is 0 Å². The van der Waals surface area contributed by atoms with E-state index in [9.17, 15) is 18.0 Å². The van der Waals surface area contributed by atoms with Crippen LogP contribution in [-0.4, -0.2) is 59.8 Å². The van der Waals surface area contributed by atoms with Crippen molar-refractivity contribution in [2.75, 3.05) is 13.1 Å². The number of carbonyl (C=O) groups is 2. The average Bonchev–Trinajstić information content (AvgIpc) is 2.69. The third-order valence-corrected chi connectivity index (χ3v) is 8.22. The number of sulfonamides is 1. The van der Waals surface area contributed by atoms with Crippen LogP contribution in [0.5, 0.6) is 0 Å². The Kier molecular flexibility index (Phi) is 7.50. The minimum Gasteiger partial charge on any atom is -0.481 e. The van der Waals surface area contributed by atoms with Gasteiger partial charge in [0.05, 0.1) is 27.8 Å². The molecule has 1 saturated heterocycles. The highest BCUT2D eigenvalue weighted by molar-refractivity contribution is 7.89. The lowest BCUT2D eigenvalue weighted by atomic mass is 10.1. The van der Waals surface area contributed by atoms with Crippen LogP contribution in [0.25, 0.3) is 0 Å². The topological polar surface area (TPSA) is 95.0 Å². The number of halogens is 2. The maximum Gasteiger partial charge on any atom is 0.307 e. The molecule has 1 amide bonds. The standard InChI is InChI=1S/C22H24Cl2N2O5S/c1-14-12-25(21(27)10-17-6-7-19(23)20(24)9-17)13-15(2)26(14)32(30,31)18-5-3-4-16(8-18)11-22(28)29/h3-9,14-15H,10-13H2,1-2H3,(H,28,29)/t14-,15?/m0/s1. The molecule has 1 unspecified atom stereocenters. The zero-order chi connectivity index (χ0) is 23.6. The summed E-state index contributed by atoms with van der Waals surface area (Å²) in [5.41, 5.74) is 1.14. The first kappa shape index (κ1) is 24.5. The Morgan fingerprint density at radius 3 is 2.19 bits per heavy atom. The van der Waals surface area contributed by atoms with E-state index in [0.29, 0.717) is 15.6 Å². The molecule has 2 atom stereocenters. The van der Waals surface area contributed by atoms with E-state index in [1.54, 1.807) is 43.0 Å². The van der Waals surface area contributed by atoms with Crippen molar-refractivity contribution >= 4 is 45.1 Å². The molecule has 32 heavy (non-hydrogen) atoms. The molecular formula is C22H24Cl2N2O5S. The van der Waals surface area contributed by atoms with E-state index >= 15 is 0 Å². The van der Waals surface area contributed by atoms with Crippen molar-refractivity contribution in [3.05, 3.63) is 63.6 Å². The van der Waals surface area contributed by atoms with Crippen molar-refractivity contribution in [2.24, 2.45) is 0 Å². The lowest BCUT2D eigenvalue weighted by Gasteiger charge is -2.43. The van der Waals surface area contributed by atoms with Gasteiger partial charge in [0.2, 0.25) is 15.9 Å². The first-order chi connectivity index (χ1) is 15.0. The second-order valence-electron chi connectivity index (χ2n) is 7.97. The van der Waals surface area contributed by atoms with Crippen LogP contribution >= 0.6 is 23.2 Å². The number of benzene rings is 2. The fourth-order valence-electron chi connectivity index (χ4n) is 4.03. The molecule has 10 heteroatoms.